The fourth-order valence-electron chi connectivity index (χ4n) is 3.21. The molecular weight excluding hydrogens is 294 g/mol. The van der Waals surface area contributed by atoms with Crippen molar-refractivity contribution in [2.75, 3.05) is 14.2 Å². The lowest BCUT2D eigenvalue weighted by Crippen LogP contribution is -2.56. The fourth-order valence-corrected chi connectivity index (χ4v) is 3.21. The number of benzene rings is 1. The van der Waals surface area contributed by atoms with Crippen molar-refractivity contribution in [1.82, 2.24) is 5.32 Å². The zero-order valence-electron chi connectivity index (χ0n) is 14.1. The van der Waals surface area contributed by atoms with Crippen molar-refractivity contribution in [2.24, 2.45) is 0 Å². The minimum atomic E-state index is -0.857. The molecular formula is C18H25NO4. The van der Waals surface area contributed by atoms with E-state index in [1.54, 1.807) is 7.11 Å². The highest BCUT2D eigenvalue weighted by Gasteiger charge is 2.41. The van der Waals surface area contributed by atoms with Crippen molar-refractivity contribution in [3.05, 3.63) is 29.3 Å². The fraction of sp³-hybridized carbons (Fsp3) is 0.556. The van der Waals surface area contributed by atoms with Gasteiger partial charge in [0.05, 0.1) is 20.6 Å². The number of carbonyl (C=O) groups is 2. The molecule has 1 saturated carbocycles. The first-order valence-corrected chi connectivity index (χ1v) is 8.04. The molecule has 0 atom stereocenters. The number of rotatable bonds is 5. The van der Waals surface area contributed by atoms with E-state index in [0.29, 0.717) is 12.8 Å². The van der Waals surface area contributed by atoms with E-state index in [1.807, 2.05) is 25.1 Å². The van der Waals surface area contributed by atoms with E-state index in [-0.39, 0.29) is 18.3 Å². The third kappa shape index (κ3) is 4.03. The SMILES string of the molecule is COC(=O)C1(NC(=O)Cc2ccc(OC)cc2C)CCCCC1. The van der Waals surface area contributed by atoms with Crippen LogP contribution in [0.2, 0.25) is 0 Å². The molecule has 5 heteroatoms. The Bertz CT molecular complexity index is 576. The zero-order chi connectivity index (χ0) is 16.9. The predicted octanol–water partition coefficient (Wildman–Crippen LogP) is 2.54. The summed E-state index contributed by atoms with van der Waals surface area (Å²) in [6.45, 7) is 1.95. The van der Waals surface area contributed by atoms with E-state index in [9.17, 15) is 9.59 Å². The van der Waals surface area contributed by atoms with Gasteiger partial charge in [0.1, 0.15) is 11.3 Å². The van der Waals surface area contributed by atoms with Crippen LogP contribution >= 0.6 is 0 Å². The van der Waals surface area contributed by atoms with Crippen LogP contribution in [0.4, 0.5) is 0 Å². The standard InChI is InChI=1S/C18H25NO4/c1-13-11-15(22-2)8-7-14(13)12-16(20)19-18(17(21)23-3)9-5-4-6-10-18/h7-8,11H,4-6,9-10,12H2,1-3H3,(H,19,20). The topological polar surface area (TPSA) is 64.6 Å². The van der Waals surface area contributed by atoms with Crippen molar-refractivity contribution in [1.29, 1.82) is 0 Å². The molecule has 1 aromatic rings. The van der Waals surface area contributed by atoms with Crippen molar-refractivity contribution in [3.63, 3.8) is 0 Å². The van der Waals surface area contributed by atoms with Gasteiger partial charge in [0, 0.05) is 0 Å². The molecule has 0 aromatic heterocycles. The van der Waals surface area contributed by atoms with E-state index >= 15 is 0 Å². The third-order valence-corrected chi connectivity index (χ3v) is 4.56. The number of methoxy groups -OCH3 is 2. The van der Waals surface area contributed by atoms with Crippen molar-refractivity contribution < 1.29 is 19.1 Å². The van der Waals surface area contributed by atoms with Gasteiger partial charge in [-0.25, -0.2) is 4.79 Å². The highest BCUT2D eigenvalue weighted by Crippen LogP contribution is 2.29. The second kappa shape index (κ2) is 7.49. The molecule has 5 nitrogen and oxygen atoms in total. The summed E-state index contributed by atoms with van der Waals surface area (Å²) < 4.78 is 10.1. The second-order valence-electron chi connectivity index (χ2n) is 6.15. The Labute approximate surface area is 137 Å². The van der Waals surface area contributed by atoms with Gasteiger partial charge in [-0.2, -0.15) is 0 Å². The monoisotopic (exact) mass is 319 g/mol. The molecule has 0 aliphatic heterocycles. The lowest BCUT2D eigenvalue weighted by Gasteiger charge is -2.35. The van der Waals surface area contributed by atoms with E-state index in [2.05, 4.69) is 5.32 Å². The highest BCUT2D eigenvalue weighted by molar-refractivity contribution is 5.89. The maximum atomic E-state index is 12.5. The molecule has 23 heavy (non-hydrogen) atoms. The summed E-state index contributed by atoms with van der Waals surface area (Å²) >= 11 is 0. The van der Waals surface area contributed by atoms with Gasteiger partial charge in [0.25, 0.3) is 0 Å². The molecule has 0 spiro atoms. The maximum absolute atomic E-state index is 12.5. The molecule has 2 rings (SSSR count). The molecule has 1 aliphatic rings. The summed E-state index contributed by atoms with van der Waals surface area (Å²) in [5.74, 6) is 0.285. The number of amides is 1. The number of aryl methyl sites for hydroxylation is 1. The van der Waals surface area contributed by atoms with Gasteiger partial charge in [-0.05, 0) is 43.0 Å². The summed E-state index contributed by atoms with van der Waals surface area (Å²) in [6, 6.07) is 5.63. The molecule has 0 bridgehead atoms. The molecule has 0 heterocycles. The maximum Gasteiger partial charge on any atom is 0.331 e. The first kappa shape index (κ1) is 17.3. The molecule has 0 saturated heterocycles. The van der Waals surface area contributed by atoms with Gasteiger partial charge < -0.3 is 14.8 Å². The molecule has 1 aromatic carbocycles. The van der Waals surface area contributed by atoms with Crippen LogP contribution in [0, 0.1) is 6.92 Å². The molecule has 126 valence electrons. The number of hydrogen-bond donors (Lipinski definition) is 1. The van der Waals surface area contributed by atoms with Gasteiger partial charge in [-0.1, -0.05) is 25.3 Å². The van der Waals surface area contributed by atoms with E-state index in [1.165, 1.54) is 7.11 Å². The average Bonchev–Trinajstić information content (AvgIpc) is 2.56. The molecule has 1 fully saturated rings. The average molecular weight is 319 g/mol. The van der Waals surface area contributed by atoms with E-state index in [0.717, 1.165) is 36.1 Å². The summed E-state index contributed by atoms with van der Waals surface area (Å²) in [7, 11) is 2.99. The lowest BCUT2D eigenvalue weighted by molar-refractivity contribution is -0.152. The van der Waals surface area contributed by atoms with E-state index < -0.39 is 5.54 Å². The predicted molar refractivity (Wildman–Crippen MR) is 87.4 cm³/mol. The Morgan fingerprint density at radius 3 is 2.43 bits per heavy atom. The van der Waals surface area contributed by atoms with Crippen LogP contribution in [-0.4, -0.2) is 31.6 Å². The van der Waals surface area contributed by atoms with Gasteiger partial charge in [0.2, 0.25) is 5.91 Å². The van der Waals surface area contributed by atoms with Crippen molar-refractivity contribution in [3.8, 4) is 5.75 Å². The lowest BCUT2D eigenvalue weighted by atomic mass is 9.81. The van der Waals surface area contributed by atoms with Gasteiger partial charge in [-0.15, -0.1) is 0 Å². The quantitative estimate of drug-likeness (QED) is 0.847. The molecule has 0 unspecified atom stereocenters. The van der Waals surface area contributed by atoms with Crippen LogP contribution in [0.25, 0.3) is 0 Å². The Kier molecular flexibility index (Phi) is 5.64. The summed E-state index contributed by atoms with van der Waals surface area (Å²) in [6.07, 6.45) is 4.48. The smallest absolute Gasteiger partial charge is 0.331 e. The van der Waals surface area contributed by atoms with E-state index in [4.69, 9.17) is 9.47 Å². The Balaban J connectivity index is 2.09. The minimum Gasteiger partial charge on any atom is -0.497 e. The summed E-state index contributed by atoms with van der Waals surface area (Å²) in [5.41, 5.74) is 1.07. The number of nitrogens with one attached hydrogen (secondary N) is 1. The molecule has 1 aliphatic carbocycles. The minimum absolute atomic E-state index is 0.148. The normalized spacial score (nSPS) is 16.5. The second-order valence-corrected chi connectivity index (χ2v) is 6.15. The van der Waals surface area contributed by atoms with Crippen LogP contribution in [-0.2, 0) is 20.7 Å². The van der Waals surface area contributed by atoms with Gasteiger partial charge >= 0.3 is 5.97 Å². The first-order chi connectivity index (χ1) is 11.0. The van der Waals surface area contributed by atoms with Crippen LogP contribution in [0.1, 0.15) is 43.2 Å². The summed E-state index contributed by atoms with van der Waals surface area (Å²) in [5, 5.41) is 2.94. The van der Waals surface area contributed by atoms with Crippen LogP contribution in [0.5, 0.6) is 5.75 Å². The van der Waals surface area contributed by atoms with Crippen molar-refractivity contribution in [2.45, 2.75) is 51.0 Å². The van der Waals surface area contributed by atoms with Crippen molar-refractivity contribution >= 4 is 11.9 Å². The Morgan fingerprint density at radius 2 is 1.87 bits per heavy atom. The molecule has 0 radical (unpaired) electrons. The molecule has 1 amide bonds. The zero-order valence-corrected chi connectivity index (χ0v) is 14.1. The first-order valence-electron chi connectivity index (χ1n) is 8.04. The van der Waals surface area contributed by atoms with Crippen LogP contribution < -0.4 is 10.1 Å². The Hall–Kier alpha value is -2.04. The number of hydrogen-bond acceptors (Lipinski definition) is 4. The number of carbonyl (C=O) groups excluding carboxylic acids is 2. The largest absolute Gasteiger partial charge is 0.497 e. The van der Waals surface area contributed by atoms with Crippen LogP contribution in [0.15, 0.2) is 18.2 Å². The highest BCUT2D eigenvalue weighted by atomic mass is 16.5. The Morgan fingerprint density at radius 1 is 1.17 bits per heavy atom. The number of esters is 1. The van der Waals surface area contributed by atoms with Gasteiger partial charge in [-0.3, -0.25) is 4.79 Å². The molecule has 1 N–H and O–H groups in total. The third-order valence-electron chi connectivity index (χ3n) is 4.56. The van der Waals surface area contributed by atoms with Crippen LogP contribution in [0.3, 0.4) is 0 Å². The number of ether oxygens (including phenoxy) is 2. The van der Waals surface area contributed by atoms with Gasteiger partial charge in [0.15, 0.2) is 0 Å². The summed E-state index contributed by atoms with van der Waals surface area (Å²) in [4.78, 5) is 24.6.